The number of unbranched alkanes of at least 4 members (excludes halogenated alkanes) is 4. The van der Waals surface area contributed by atoms with E-state index in [1.165, 1.54) is 312 Å². The smallest absolute Gasteiger partial charge is 0.0535 e. The van der Waals surface area contributed by atoms with E-state index in [0.717, 1.165) is 96.2 Å². The monoisotopic (exact) mass is 1660 g/mol. The maximum atomic E-state index is 4.34. The molecule has 21 heteroatoms. The van der Waals surface area contributed by atoms with E-state index in [1.807, 2.05) is 37.2 Å². The van der Waals surface area contributed by atoms with Crippen LogP contribution >= 0.6 is 0 Å². The van der Waals surface area contributed by atoms with Crippen molar-refractivity contribution in [2.45, 2.75) is 357 Å². The van der Waals surface area contributed by atoms with E-state index in [4.69, 9.17) is 0 Å². The Kier molecular flexibility index (Phi) is 47.2. The number of rotatable bonds is 39. The first-order chi connectivity index (χ1) is 57.8. The number of likely N-dealkylation sites (tertiary alicyclic amines) is 3. The highest BCUT2D eigenvalue weighted by atomic mass is 15.2. The molecular weight excluding hydrogens is 1480 g/mol. The van der Waals surface area contributed by atoms with Crippen LogP contribution in [0.5, 0.6) is 0 Å². The summed E-state index contributed by atoms with van der Waals surface area (Å²) in [5, 5.41) is 45.5. The van der Waals surface area contributed by atoms with Crippen LogP contribution in [0.25, 0.3) is 0 Å². The SMILES string of the molecule is C=C(CC(C)C)N1CCC(c2[nH]ncc2CN(C)CCCC)CC1.CCCCN(C)Cc1cn[nH]c1C1CCCCC1.CCCCN(C)Cc1cn[nH]c1C1CCN(C)CC1.CCCCN(C)Cc1cn[nH]c1C1CCN(CC(C)C)CC1.CCCN(C)Cc1cn[nH]c1C1CCC(C)(C)CC1.CCCN(C)Cc1cn[nH]c1C1CCC(C)CC1. The highest BCUT2D eigenvalue weighted by molar-refractivity contribution is 5.26. The quantitative estimate of drug-likeness (QED) is 0.0213. The Morgan fingerprint density at radius 1 is 0.375 bits per heavy atom. The second kappa shape index (κ2) is 55.7. The van der Waals surface area contributed by atoms with Crippen LogP contribution in [0.2, 0.25) is 0 Å². The van der Waals surface area contributed by atoms with Crippen LogP contribution < -0.4 is 0 Å². The van der Waals surface area contributed by atoms with Gasteiger partial charge in [-0.2, -0.15) is 30.6 Å². The van der Waals surface area contributed by atoms with Crippen LogP contribution in [0.1, 0.15) is 386 Å². The largest absolute Gasteiger partial charge is 0.375 e. The molecule has 3 saturated heterocycles. The van der Waals surface area contributed by atoms with E-state index < -0.39 is 0 Å². The van der Waals surface area contributed by atoms with Gasteiger partial charge < -0.3 is 44.1 Å². The van der Waals surface area contributed by atoms with Gasteiger partial charge in [0.25, 0.3) is 0 Å². The number of H-pyrrole nitrogens is 6. The van der Waals surface area contributed by atoms with Gasteiger partial charge >= 0.3 is 0 Å². The molecule has 0 unspecified atom stereocenters. The van der Waals surface area contributed by atoms with Gasteiger partial charge in [0.05, 0.1) is 37.2 Å². The zero-order chi connectivity index (χ0) is 86.8. The van der Waals surface area contributed by atoms with Crippen LogP contribution in [0, 0.1) is 23.2 Å². The zero-order valence-corrected chi connectivity index (χ0v) is 80.7. The lowest BCUT2D eigenvalue weighted by atomic mass is 9.72. The molecule has 682 valence electrons. The summed E-state index contributed by atoms with van der Waals surface area (Å²) in [6.07, 6.45) is 50.8. The summed E-state index contributed by atoms with van der Waals surface area (Å²) in [7, 11) is 15.5. The van der Waals surface area contributed by atoms with Crippen LogP contribution in [-0.2, 0) is 39.3 Å². The minimum atomic E-state index is 0.537. The van der Waals surface area contributed by atoms with E-state index >= 15 is 0 Å². The normalized spacial score (nSPS) is 18.9. The summed E-state index contributed by atoms with van der Waals surface area (Å²) in [6, 6.07) is 0. The molecule has 21 nitrogen and oxygen atoms in total. The van der Waals surface area contributed by atoms with E-state index in [2.05, 4.69) is 251 Å². The number of allylic oxidation sites excluding steroid dienone is 1. The van der Waals surface area contributed by atoms with Gasteiger partial charge in [0.15, 0.2) is 0 Å². The van der Waals surface area contributed by atoms with Crippen LogP contribution in [-0.4, -0.2) is 240 Å². The van der Waals surface area contributed by atoms with Gasteiger partial charge in [0.1, 0.15) is 0 Å². The first-order valence-corrected chi connectivity index (χ1v) is 48.9. The predicted octanol–water partition coefficient (Wildman–Crippen LogP) is 21.5. The van der Waals surface area contributed by atoms with Crippen molar-refractivity contribution in [2.75, 3.05) is 134 Å². The fourth-order valence-electron chi connectivity index (χ4n) is 19.4. The number of hydrogen-bond acceptors (Lipinski definition) is 15. The van der Waals surface area contributed by atoms with E-state index in [9.17, 15) is 0 Å². The molecule has 12 rings (SSSR count). The molecule has 6 fully saturated rings. The maximum Gasteiger partial charge on any atom is 0.0535 e. The van der Waals surface area contributed by atoms with Crippen LogP contribution in [0.4, 0.5) is 0 Å². The molecule has 3 saturated carbocycles. The van der Waals surface area contributed by atoms with Crippen molar-refractivity contribution in [1.29, 1.82) is 0 Å². The Hall–Kier alpha value is -5.52. The molecule has 0 bridgehead atoms. The fourth-order valence-corrected chi connectivity index (χ4v) is 19.4. The lowest BCUT2D eigenvalue weighted by Gasteiger charge is -2.35. The third kappa shape index (κ3) is 36.2. The van der Waals surface area contributed by atoms with Gasteiger partial charge in [-0.3, -0.25) is 30.6 Å². The summed E-state index contributed by atoms with van der Waals surface area (Å²) >= 11 is 0. The van der Waals surface area contributed by atoms with Gasteiger partial charge in [0, 0.05) is 168 Å². The second-order valence-electron chi connectivity index (χ2n) is 39.9. The molecule has 0 aromatic carbocycles. The molecule has 6 aromatic rings. The molecule has 0 spiro atoms. The third-order valence-corrected chi connectivity index (χ3v) is 26.9. The molecule has 3 aliphatic heterocycles. The summed E-state index contributed by atoms with van der Waals surface area (Å²) in [6.45, 7) is 55.6. The van der Waals surface area contributed by atoms with E-state index in [0.29, 0.717) is 40.9 Å². The number of nitrogens with one attached hydrogen (secondary N) is 6. The average molecular weight is 1670 g/mol. The molecule has 120 heavy (non-hydrogen) atoms. The van der Waals surface area contributed by atoms with Crippen molar-refractivity contribution in [3.63, 3.8) is 0 Å². The molecule has 0 radical (unpaired) electrons. The maximum absolute atomic E-state index is 4.34. The summed E-state index contributed by atoms with van der Waals surface area (Å²) in [4.78, 5) is 22.0. The number of aromatic amines is 6. The Bertz CT molecular complexity index is 3540. The summed E-state index contributed by atoms with van der Waals surface area (Å²) in [5.74, 6) is 6.47. The van der Waals surface area contributed by atoms with Crippen molar-refractivity contribution in [3.8, 4) is 0 Å². The lowest BCUT2D eigenvalue weighted by molar-refractivity contribution is 0.190. The van der Waals surface area contributed by atoms with Crippen molar-refractivity contribution in [1.82, 2.24) is 105 Å². The Balaban J connectivity index is 0.000000199. The zero-order valence-electron chi connectivity index (χ0n) is 80.7. The Labute approximate surface area is 733 Å². The molecule has 6 aromatic heterocycles. The first-order valence-electron chi connectivity index (χ1n) is 48.9. The van der Waals surface area contributed by atoms with Crippen LogP contribution in [0.15, 0.2) is 49.5 Å². The van der Waals surface area contributed by atoms with Gasteiger partial charge in [-0.25, -0.2) is 0 Å². The van der Waals surface area contributed by atoms with Crippen LogP contribution in [0.3, 0.4) is 0 Å². The first kappa shape index (κ1) is 102. The van der Waals surface area contributed by atoms with E-state index in [-0.39, 0.29) is 0 Å². The van der Waals surface area contributed by atoms with Gasteiger partial charge in [-0.1, -0.05) is 154 Å². The summed E-state index contributed by atoms with van der Waals surface area (Å²) in [5.41, 5.74) is 18.6. The number of aromatic nitrogens is 12. The fraction of sp³-hybridized carbons (Fsp3) is 0.798. The van der Waals surface area contributed by atoms with Gasteiger partial charge in [-0.15, -0.1) is 0 Å². The van der Waals surface area contributed by atoms with E-state index in [1.54, 1.807) is 0 Å². The number of hydrogen-bond donors (Lipinski definition) is 6. The minimum absolute atomic E-state index is 0.537. The molecule has 9 heterocycles. The molecule has 0 atom stereocenters. The van der Waals surface area contributed by atoms with Gasteiger partial charge in [0.2, 0.25) is 0 Å². The minimum Gasteiger partial charge on any atom is -0.375 e. The molecule has 0 amide bonds. The highest BCUT2D eigenvalue weighted by Crippen LogP contribution is 2.44. The molecule has 3 aliphatic carbocycles. The number of piperidine rings is 3. The Morgan fingerprint density at radius 2 is 0.658 bits per heavy atom. The van der Waals surface area contributed by atoms with Crippen molar-refractivity contribution in [3.05, 3.63) is 117 Å². The molecule has 6 N–H and O–H groups in total. The molecular formula is C99H181N21. The van der Waals surface area contributed by atoms with Crippen molar-refractivity contribution >= 4 is 0 Å². The predicted molar refractivity (Wildman–Crippen MR) is 506 cm³/mol. The molecule has 6 aliphatic rings. The topological polar surface area (TPSA) is 201 Å². The van der Waals surface area contributed by atoms with Crippen molar-refractivity contribution in [2.24, 2.45) is 23.2 Å². The second-order valence-corrected chi connectivity index (χ2v) is 39.9. The Morgan fingerprint density at radius 3 is 0.958 bits per heavy atom. The van der Waals surface area contributed by atoms with Crippen molar-refractivity contribution < 1.29 is 0 Å². The standard InChI is InChI=1S/C20H36N4.C18H34N4.C16H29N3.C15H28N4.2C15H27N3/c1-6-7-10-23(5)15-19-14-21-22-20(19)18-8-11-24(12-9-18)17(4)13-16(2)3;1-5-6-9-21(4)14-17-12-19-20-18(17)16-7-10-22(11-8-16)13-15(2)3;1-5-10-19(4)12-14-11-17-18-15(14)13-6-8-16(2,3)9-7-13;1-4-5-8-19(3)12-14-11-16-17-15(14)13-6-9-18(2)10-7-13;1-4-9-18(3)11-14-10-16-17-15(14)13-7-5-12(2)6-8-13;1-3-4-10-18(2)12-14-11-16-17-15(14)13-8-6-5-7-9-13/h14,16,18H,4,6-13,15H2,1-3,5H3,(H,21,22);12,15-16H,5-11,13-14H2,1-4H3,(H,19,20);11,13H,5-10,12H2,1-4H3,(H,17,18);11,13H,4-10,12H2,1-3H3,(H,16,17);10,12-13H,4-9,11H2,1-3H3,(H,16,17);11,13H,3-10,12H2,1-2H3,(H,16,17). The van der Waals surface area contributed by atoms with Gasteiger partial charge in [-0.05, 0) is 273 Å². The lowest BCUT2D eigenvalue weighted by Crippen LogP contribution is -2.35. The summed E-state index contributed by atoms with van der Waals surface area (Å²) < 4.78 is 0. The number of nitrogens with zero attached hydrogens (tertiary/aromatic N) is 15. The highest BCUT2D eigenvalue weighted by Gasteiger charge is 2.32. The third-order valence-electron chi connectivity index (χ3n) is 26.9. The average Bonchev–Trinajstić information content (AvgIpc) is 1.55.